The molecule has 1 aliphatic rings. The van der Waals surface area contributed by atoms with E-state index >= 15 is 0 Å². The van der Waals surface area contributed by atoms with Crippen molar-refractivity contribution in [2.75, 3.05) is 14.2 Å². The average molecular weight is 496 g/mol. The van der Waals surface area contributed by atoms with Crippen molar-refractivity contribution in [1.82, 2.24) is 15.6 Å². The summed E-state index contributed by atoms with van der Waals surface area (Å²) in [4.78, 5) is 8.61. The van der Waals surface area contributed by atoms with Gasteiger partial charge in [0, 0.05) is 32.4 Å². The highest BCUT2D eigenvalue weighted by Crippen LogP contribution is 2.23. The Kier molecular flexibility index (Phi) is 9.33. The highest BCUT2D eigenvalue weighted by molar-refractivity contribution is 14.0. The largest absolute Gasteiger partial charge is 0.497 e. The van der Waals surface area contributed by atoms with Crippen molar-refractivity contribution < 1.29 is 9.47 Å². The lowest BCUT2D eigenvalue weighted by Gasteiger charge is -2.14. The lowest BCUT2D eigenvalue weighted by atomic mass is 10.2. The number of guanidine groups is 1. The fraction of sp³-hybridized carbons (Fsp3) is 0.429. The predicted octanol–water partition coefficient (Wildman–Crippen LogP) is 3.89. The van der Waals surface area contributed by atoms with Gasteiger partial charge in [-0.1, -0.05) is 12.1 Å². The van der Waals surface area contributed by atoms with Crippen molar-refractivity contribution in [2.45, 2.75) is 44.9 Å². The van der Waals surface area contributed by atoms with Crippen LogP contribution in [0.3, 0.4) is 0 Å². The Hall–Kier alpha value is -2.03. The van der Waals surface area contributed by atoms with Crippen molar-refractivity contribution >= 4 is 29.9 Å². The Morgan fingerprint density at radius 1 is 1.07 bits per heavy atom. The smallest absolute Gasteiger partial charge is 0.213 e. The number of halogens is 1. The summed E-state index contributed by atoms with van der Waals surface area (Å²) in [5.41, 5.74) is 2.28. The van der Waals surface area contributed by atoms with Gasteiger partial charge in [0.15, 0.2) is 5.96 Å². The molecule has 1 aromatic carbocycles. The van der Waals surface area contributed by atoms with E-state index in [0.29, 0.717) is 25.1 Å². The third-order valence-electron chi connectivity index (χ3n) is 4.69. The van der Waals surface area contributed by atoms with E-state index in [1.807, 2.05) is 36.4 Å². The van der Waals surface area contributed by atoms with E-state index in [4.69, 9.17) is 9.47 Å². The van der Waals surface area contributed by atoms with Crippen LogP contribution in [0.2, 0.25) is 0 Å². The molecule has 0 aliphatic heterocycles. The highest BCUT2D eigenvalue weighted by Gasteiger charge is 2.17. The second-order valence-electron chi connectivity index (χ2n) is 6.65. The fourth-order valence-electron chi connectivity index (χ4n) is 3.14. The Bertz CT molecular complexity index is 746. The molecule has 0 spiro atoms. The molecule has 3 rings (SSSR count). The van der Waals surface area contributed by atoms with Gasteiger partial charge in [0.25, 0.3) is 0 Å². The molecule has 0 bridgehead atoms. The van der Waals surface area contributed by atoms with Gasteiger partial charge >= 0.3 is 0 Å². The molecule has 0 atom stereocenters. The number of ether oxygens (including phenoxy) is 2. The molecule has 1 aromatic heterocycles. The van der Waals surface area contributed by atoms with Crippen LogP contribution < -0.4 is 20.1 Å². The van der Waals surface area contributed by atoms with Crippen LogP contribution in [0, 0.1) is 0 Å². The van der Waals surface area contributed by atoms with Gasteiger partial charge in [-0.3, -0.25) is 4.99 Å². The van der Waals surface area contributed by atoms with Gasteiger partial charge in [-0.15, -0.1) is 24.0 Å². The number of aliphatic imine (C=N–C) groups is 1. The van der Waals surface area contributed by atoms with Crippen molar-refractivity contribution in [3.63, 3.8) is 0 Å². The molecule has 0 radical (unpaired) electrons. The lowest BCUT2D eigenvalue weighted by Crippen LogP contribution is -2.36. The summed E-state index contributed by atoms with van der Waals surface area (Å²) in [6, 6.07) is 12.0. The second kappa shape index (κ2) is 11.7. The van der Waals surface area contributed by atoms with Crippen LogP contribution in [0.4, 0.5) is 0 Å². The molecule has 0 amide bonds. The summed E-state index contributed by atoms with van der Waals surface area (Å²) < 4.78 is 11.2. The van der Waals surface area contributed by atoms with E-state index in [-0.39, 0.29) is 24.0 Å². The zero-order valence-electron chi connectivity index (χ0n) is 16.5. The van der Waals surface area contributed by atoms with Crippen LogP contribution in [0.25, 0.3) is 0 Å². The SMILES string of the molecule is CN=C(NCc1ccc(OC)cc1)NCc1ccnc(OC2CCCC2)c1.I. The summed E-state index contributed by atoms with van der Waals surface area (Å²) in [7, 11) is 3.44. The Morgan fingerprint density at radius 2 is 1.75 bits per heavy atom. The van der Waals surface area contributed by atoms with Crippen LogP contribution in [0.5, 0.6) is 11.6 Å². The summed E-state index contributed by atoms with van der Waals surface area (Å²) in [6.45, 7) is 1.35. The van der Waals surface area contributed by atoms with Crippen molar-refractivity contribution in [1.29, 1.82) is 0 Å². The van der Waals surface area contributed by atoms with Crippen molar-refractivity contribution in [3.05, 3.63) is 53.7 Å². The number of aromatic nitrogens is 1. The molecule has 152 valence electrons. The number of rotatable bonds is 7. The van der Waals surface area contributed by atoms with Crippen molar-refractivity contribution in [3.8, 4) is 11.6 Å². The quantitative estimate of drug-likeness (QED) is 0.346. The van der Waals surface area contributed by atoms with Gasteiger partial charge in [-0.2, -0.15) is 0 Å². The minimum atomic E-state index is 0. The molecule has 2 aromatic rings. The third-order valence-corrected chi connectivity index (χ3v) is 4.69. The maximum Gasteiger partial charge on any atom is 0.213 e. The zero-order valence-corrected chi connectivity index (χ0v) is 18.8. The first-order valence-corrected chi connectivity index (χ1v) is 9.46. The normalized spacial score (nSPS) is 14.3. The number of pyridine rings is 1. The maximum atomic E-state index is 5.98. The fourth-order valence-corrected chi connectivity index (χ4v) is 3.14. The summed E-state index contributed by atoms with van der Waals surface area (Å²) >= 11 is 0. The number of nitrogens with zero attached hydrogens (tertiary/aromatic N) is 2. The van der Waals surface area contributed by atoms with Gasteiger partial charge < -0.3 is 20.1 Å². The zero-order chi connectivity index (χ0) is 18.9. The third kappa shape index (κ3) is 6.85. The van der Waals surface area contributed by atoms with E-state index in [1.54, 1.807) is 20.4 Å². The summed E-state index contributed by atoms with van der Waals surface area (Å²) in [5.74, 6) is 2.32. The van der Waals surface area contributed by atoms with E-state index < -0.39 is 0 Å². The number of methoxy groups -OCH3 is 1. The Morgan fingerprint density at radius 3 is 2.39 bits per heavy atom. The molecule has 1 aliphatic carbocycles. The molecule has 1 saturated carbocycles. The monoisotopic (exact) mass is 496 g/mol. The molecule has 0 saturated heterocycles. The predicted molar refractivity (Wildman–Crippen MR) is 123 cm³/mol. The highest BCUT2D eigenvalue weighted by atomic mass is 127. The van der Waals surface area contributed by atoms with Crippen LogP contribution in [0.1, 0.15) is 36.8 Å². The molecule has 7 heteroatoms. The number of hydrogen-bond donors (Lipinski definition) is 2. The van der Waals surface area contributed by atoms with E-state index in [1.165, 1.54) is 12.8 Å². The first kappa shape index (κ1) is 22.3. The van der Waals surface area contributed by atoms with Crippen LogP contribution in [0.15, 0.2) is 47.6 Å². The van der Waals surface area contributed by atoms with Gasteiger partial charge in [0.05, 0.1) is 7.11 Å². The Balaban J connectivity index is 0.00000280. The topological polar surface area (TPSA) is 67.8 Å². The number of nitrogens with one attached hydrogen (secondary N) is 2. The molecule has 0 unspecified atom stereocenters. The molecule has 28 heavy (non-hydrogen) atoms. The first-order chi connectivity index (χ1) is 13.3. The van der Waals surface area contributed by atoms with Crippen LogP contribution in [-0.4, -0.2) is 31.2 Å². The second-order valence-corrected chi connectivity index (χ2v) is 6.65. The Labute approximate surface area is 184 Å². The molecule has 1 heterocycles. The van der Waals surface area contributed by atoms with Gasteiger partial charge in [-0.05, 0) is 55.0 Å². The van der Waals surface area contributed by atoms with Gasteiger partial charge in [0.1, 0.15) is 11.9 Å². The summed E-state index contributed by atoms with van der Waals surface area (Å²) in [5, 5.41) is 6.65. The number of benzene rings is 1. The standard InChI is InChI=1S/C21H28N4O2.HI/c1-22-21(24-14-16-7-9-18(26-2)10-8-16)25-15-17-11-12-23-20(13-17)27-19-5-3-4-6-19;/h7-13,19H,3-6,14-15H2,1-2H3,(H2,22,24,25);1H. The lowest BCUT2D eigenvalue weighted by molar-refractivity contribution is 0.201. The van der Waals surface area contributed by atoms with E-state index in [2.05, 4.69) is 20.6 Å². The summed E-state index contributed by atoms with van der Waals surface area (Å²) in [6.07, 6.45) is 6.89. The number of hydrogen-bond acceptors (Lipinski definition) is 4. The molecular weight excluding hydrogens is 467 g/mol. The maximum absolute atomic E-state index is 5.98. The van der Waals surface area contributed by atoms with Crippen LogP contribution in [-0.2, 0) is 13.1 Å². The first-order valence-electron chi connectivity index (χ1n) is 9.46. The van der Waals surface area contributed by atoms with Gasteiger partial charge in [0.2, 0.25) is 5.88 Å². The molecule has 1 fully saturated rings. The van der Waals surface area contributed by atoms with Crippen molar-refractivity contribution in [2.24, 2.45) is 4.99 Å². The van der Waals surface area contributed by atoms with E-state index in [9.17, 15) is 0 Å². The molecule has 2 N–H and O–H groups in total. The van der Waals surface area contributed by atoms with Gasteiger partial charge in [-0.25, -0.2) is 4.98 Å². The molecule has 6 nitrogen and oxygen atoms in total. The van der Waals surface area contributed by atoms with Crippen LogP contribution >= 0.6 is 24.0 Å². The minimum absolute atomic E-state index is 0. The average Bonchev–Trinajstić information content (AvgIpc) is 3.22. The van der Waals surface area contributed by atoms with E-state index in [0.717, 1.165) is 35.7 Å². The minimum Gasteiger partial charge on any atom is -0.497 e. The molecular formula is C21H29IN4O2.